The second-order valence-electron chi connectivity index (χ2n) is 2.82. The van der Waals surface area contributed by atoms with Gasteiger partial charge in [0.05, 0.1) is 0 Å². The number of hydrogen-bond donors (Lipinski definition) is 2. The average Bonchev–Trinajstić information content (AvgIpc) is 2.03. The van der Waals surface area contributed by atoms with Gasteiger partial charge in [-0.05, 0) is 26.1 Å². The molecule has 0 aromatic heterocycles. The maximum Gasteiger partial charge on any atom is 0.274 e. The zero-order valence-corrected chi connectivity index (χ0v) is 9.10. The predicted molar refractivity (Wildman–Crippen MR) is 53.5 cm³/mol. The molecule has 0 radical (unpaired) electrons. The summed E-state index contributed by atoms with van der Waals surface area (Å²) >= 11 is 0. The van der Waals surface area contributed by atoms with Crippen molar-refractivity contribution in [2.75, 3.05) is 26.2 Å². The third kappa shape index (κ3) is 8.17. The van der Waals surface area contributed by atoms with Gasteiger partial charge >= 0.3 is 0 Å². The Bertz CT molecular complexity index is 212. The summed E-state index contributed by atoms with van der Waals surface area (Å²) in [5.41, 5.74) is 0. The van der Waals surface area contributed by atoms with Crippen LogP contribution >= 0.6 is 0 Å². The molecule has 0 bridgehead atoms. The summed E-state index contributed by atoms with van der Waals surface area (Å²) in [4.78, 5) is 2.23. The highest BCUT2D eigenvalue weighted by Gasteiger charge is 2.01. The molecule has 5 nitrogen and oxygen atoms in total. The van der Waals surface area contributed by atoms with E-state index >= 15 is 0 Å². The Labute approximate surface area is 80.5 Å². The first-order chi connectivity index (χ1) is 5.99. The van der Waals surface area contributed by atoms with E-state index in [1.54, 1.807) is 0 Å². The lowest BCUT2D eigenvalue weighted by atomic mass is 10.4. The molecular formula is C7H19N3O2S. The summed E-state index contributed by atoms with van der Waals surface area (Å²) in [7, 11) is -3.50. The fraction of sp³-hybridized carbons (Fsp3) is 1.00. The van der Waals surface area contributed by atoms with E-state index in [0.717, 1.165) is 26.1 Å². The maximum absolute atomic E-state index is 10.5. The monoisotopic (exact) mass is 209 g/mol. The van der Waals surface area contributed by atoms with Gasteiger partial charge in [0.2, 0.25) is 0 Å². The van der Waals surface area contributed by atoms with Crippen LogP contribution < -0.4 is 9.86 Å². The van der Waals surface area contributed by atoms with Crippen LogP contribution in [0.5, 0.6) is 0 Å². The topological polar surface area (TPSA) is 75.4 Å². The highest BCUT2D eigenvalue weighted by Crippen LogP contribution is 1.89. The first-order valence-corrected chi connectivity index (χ1v) is 6.04. The molecule has 0 saturated heterocycles. The predicted octanol–water partition coefficient (Wildman–Crippen LogP) is -0.489. The van der Waals surface area contributed by atoms with Crippen molar-refractivity contribution in [1.29, 1.82) is 0 Å². The Morgan fingerprint density at radius 2 is 1.85 bits per heavy atom. The van der Waals surface area contributed by atoms with Crippen molar-refractivity contribution in [2.24, 2.45) is 5.14 Å². The molecule has 0 spiro atoms. The lowest BCUT2D eigenvalue weighted by Crippen LogP contribution is -2.33. The minimum atomic E-state index is -3.50. The van der Waals surface area contributed by atoms with Gasteiger partial charge in [-0.3, -0.25) is 0 Å². The molecule has 6 heteroatoms. The molecule has 13 heavy (non-hydrogen) atoms. The van der Waals surface area contributed by atoms with Crippen molar-refractivity contribution < 1.29 is 8.42 Å². The third-order valence-corrected chi connectivity index (χ3v) is 2.46. The maximum atomic E-state index is 10.5. The first-order valence-electron chi connectivity index (χ1n) is 4.49. The third-order valence-electron chi connectivity index (χ3n) is 1.85. The van der Waals surface area contributed by atoms with E-state index < -0.39 is 10.2 Å². The Morgan fingerprint density at radius 3 is 2.23 bits per heavy atom. The summed E-state index contributed by atoms with van der Waals surface area (Å²) in [6, 6.07) is 0. The molecule has 0 unspecified atom stereocenters. The molecule has 0 aliphatic rings. The summed E-state index contributed by atoms with van der Waals surface area (Å²) in [6.45, 7) is 7.45. The molecule has 0 aromatic carbocycles. The fourth-order valence-corrected chi connectivity index (χ4v) is 1.49. The molecule has 0 saturated carbocycles. The number of nitrogens with two attached hydrogens (primary N) is 1. The minimum absolute atomic E-state index is 0.412. The lowest BCUT2D eigenvalue weighted by molar-refractivity contribution is 0.300. The van der Waals surface area contributed by atoms with Crippen molar-refractivity contribution in [2.45, 2.75) is 20.3 Å². The van der Waals surface area contributed by atoms with E-state index in [4.69, 9.17) is 5.14 Å². The zero-order chi connectivity index (χ0) is 10.3. The largest absolute Gasteiger partial charge is 0.304 e. The van der Waals surface area contributed by atoms with Gasteiger partial charge in [-0.15, -0.1) is 0 Å². The Kier molecular flexibility index (Phi) is 6.23. The molecule has 0 amide bonds. The van der Waals surface area contributed by atoms with Crippen molar-refractivity contribution in [1.82, 2.24) is 9.62 Å². The van der Waals surface area contributed by atoms with E-state index in [2.05, 4.69) is 23.5 Å². The number of rotatable bonds is 7. The Morgan fingerprint density at radius 1 is 1.31 bits per heavy atom. The zero-order valence-electron chi connectivity index (χ0n) is 8.28. The molecule has 80 valence electrons. The SMILES string of the molecule is CCN(CC)CCCNS(N)(=O)=O. The normalized spacial score (nSPS) is 12.3. The van der Waals surface area contributed by atoms with Crippen LogP contribution in [0.15, 0.2) is 0 Å². The van der Waals surface area contributed by atoms with E-state index in [-0.39, 0.29) is 0 Å². The number of nitrogens with zero attached hydrogens (tertiary/aromatic N) is 1. The number of nitrogens with one attached hydrogen (secondary N) is 1. The number of hydrogen-bond acceptors (Lipinski definition) is 3. The quantitative estimate of drug-likeness (QED) is 0.556. The molecule has 0 aromatic rings. The smallest absolute Gasteiger partial charge is 0.274 e. The summed E-state index contributed by atoms with van der Waals surface area (Å²) in [5, 5.41) is 4.76. The van der Waals surface area contributed by atoms with E-state index in [1.807, 2.05) is 0 Å². The molecule has 3 N–H and O–H groups in total. The van der Waals surface area contributed by atoms with Gasteiger partial charge in [-0.2, -0.15) is 8.42 Å². The van der Waals surface area contributed by atoms with Crippen LogP contribution in [0.1, 0.15) is 20.3 Å². The first kappa shape index (κ1) is 12.8. The molecule has 0 fully saturated rings. The second kappa shape index (κ2) is 6.31. The van der Waals surface area contributed by atoms with Gasteiger partial charge in [0.15, 0.2) is 0 Å². The van der Waals surface area contributed by atoms with Gasteiger partial charge in [0.25, 0.3) is 10.2 Å². The van der Waals surface area contributed by atoms with Crippen molar-refractivity contribution in [3.8, 4) is 0 Å². The molecule has 0 rings (SSSR count). The van der Waals surface area contributed by atoms with Crippen LogP contribution in [-0.2, 0) is 10.2 Å². The fourth-order valence-electron chi connectivity index (χ4n) is 1.06. The minimum Gasteiger partial charge on any atom is -0.304 e. The standard InChI is InChI=1S/C7H19N3O2S/c1-3-10(4-2)7-5-6-9-13(8,11)12/h9H,3-7H2,1-2H3,(H2,8,11,12). The van der Waals surface area contributed by atoms with Gasteiger partial charge in [0.1, 0.15) is 0 Å². The van der Waals surface area contributed by atoms with Crippen LogP contribution in [0, 0.1) is 0 Å². The van der Waals surface area contributed by atoms with Crippen molar-refractivity contribution >= 4 is 10.2 Å². The molecule has 0 atom stereocenters. The summed E-state index contributed by atoms with van der Waals surface area (Å²) in [5.74, 6) is 0. The highest BCUT2D eigenvalue weighted by atomic mass is 32.2. The summed E-state index contributed by atoms with van der Waals surface area (Å²) < 4.78 is 23.2. The van der Waals surface area contributed by atoms with Gasteiger partial charge in [0, 0.05) is 6.54 Å². The van der Waals surface area contributed by atoms with Crippen molar-refractivity contribution in [3.63, 3.8) is 0 Å². The molecule has 0 heterocycles. The van der Waals surface area contributed by atoms with Gasteiger partial charge < -0.3 is 4.90 Å². The average molecular weight is 209 g/mol. The highest BCUT2D eigenvalue weighted by molar-refractivity contribution is 7.87. The van der Waals surface area contributed by atoms with E-state index in [9.17, 15) is 8.42 Å². The molecular weight excluding hydrogens is 190 g/mol. The molecule has 0 aliphatic heterocycles. The summed E-state index contributed by atoms with van der Waals surface area (Å²) in [6.07, 6.45) is 0.790. The van der Waals surface area contributed by atoms with E-state index in [1.165, 1.54) is 0 Å². The van der Waals surface area contributed by atoms with Crippen LogP contribution in [0.25, 0.3) is 0 Å². The lowest BCUT2D eigenvalue weighted by Gasteiger charge is -2.17. The van der Waals surface area contributed by atoms with Gasteiger partial charge in [-0.1, -0.05) is 13.8 Å². The van der Waals surface area contributed by atoms with E-state index in [0.29, 0.717) is 6.54 Å². The van der Waals surface area contributed by atoms with Crippen molar-refractivity contribution in [3.05, 3.63) is 0 Å². The van der Waals surface area contributed by atoms with Crippen LogP contribution in [0.4, 0.5) is 0 Å². The van der Waals surface area contributed by atoms with Crippen LogP contribution in [-0.4, -0.2) is 39.5 Å². The Hall–Kier alpha value is -0.170. The second-order valence-corrected chi connectivity index (χ2v) is 4.20. The van der Waals surface area contributed by atoms with Crippen LogP contribution in [0.2, 0.25) is 0 Å². The molecule has 0 aliphatic carbocycles. The van der Waals surface area contributed by atoms with Crippen LogP contribution in [0.3, 0.4) is 0 Å². The Balaban J connectivity index is 3.45. The van der Waals surface area contributed by atoms with Gasteiger partial charge in [-0.25, -0.2) is 9.86 Å².